The number of aryl methyl sites for hydroxylation is 1. The number of hydrogen-bond donors (Lipinski definition) is 2. The molecule has 0 amide bonds. The second kappa shape index (κ2) is 12.7. The molecule has 4 unspecified atom stereocenters. The van der Waals surface area contributed by atoms with Gasteiger partial charge in [-0.15, -0.1) is 23.2 Å². The SMILES string of the molecule is O=C(O)c1cccc(COC[C@H]2C(=O)C(Cl)C(Cl)C2CCc2cccc(C(O)Cc3ccccc3)c2)c1. The van der Waals surface area contributed by atoms with Gasteiger partial charge in [0, 0.05) is 12.3 Å². The Kier molecular flexibility index (Phi) is 9.38. The number of aromatic carboxylic acids is 1. The fourth-order valence-corrected chi connectivity index (χ4v) is 5.69. The quantitative estimate of drug-likeness (QED) is 0.298. The van der Waals surface area contributed by atoms with Crippen molar-refractivity contribution in [2.45, 2.75) is 42.7 Å². The van der Waals surface area contributed by atoms with Crippen LogP contribution in [0.5, 0.6) is 0 Å². The first kappa shape index (κ1) is 27.3. The monoisotopic (exact) mass is 540 g/mol. The van der Waals surface area contributed by atoms with Gasteiger partial charge in [-0.3, -0.25) is 4.79 Å². The van der Waals surface area contributed by atoms with Crippen LogP contribution in [-0.4, -0.2) is 39.3 Å². The van der Waals surface area contributed by atoms with E-state index in [1.165, 1.54) is 6.07 Å². The molecule has 7 heteroatoms. The first-order valence-electron chi connectivity index (χ1n) is 12.4. The van der Waals surface area contributed by atoms with E-state index in [2.05, 4.69) is 0 Å². The van der Waals surface area contributed by atoms with Gasteiger partial charge in [0.15, 0.2) is 5.78 Å². The van der Waals surface area contributed by atoms with Crippen molar-refractivity contribution < 1.29 is 24.5 Å². The average molecular weight is 541 g/mol. The highest BCUT2D eigenvalue weighted by atomic mass is 35.5. The zero-order chi connectivity index (χ0) is 26.4. The summed E-state index contributed by atoms with van der Waals surface area (Å²) in [5.41, 5.74) is 3.89. The number of carboxylic acid groups (broad SMARTS) is 1. The lowest BCUT2D eigenvalue weighted by molar-refractivity contribution is -0.123. The predicted octanol–water partition coefficient (Wildman–Crippen LogP) is 5.84. The molecule has 0 radical (unpaired) electrons. The molecule has 5 atom stereocenters. The molecule has 4 rings (SSSR count). The number of alkyl halides is 2. The van der Waals surface area contributed by atoms with Crippen molar-refractivity contribution in [3.8, 4) is 0 Å². The Bertz CT molecular complexity index is 1220. The minimum Gasteiger partial charge on any atom is -0.478 e. The molecule has 1 aliphatic rings. The highest BCUT2D eigenvalue weighted by Crippen LogP contribution is 2.39. The van der Waals surface area contributed by atoms with E-state index in [9.17, 15) is 19.8 Å². The first-order chi connectivity index (χ1) is 17.8. The van der Waals surface area contributed by atoms with Crippen LogP contribution < -0.4 is 0 Å². The average Bonchev–Trinajstić information content (AvgIpc) is 3.11. The summed E-state index contributed by atoms with van der Waals surface area (Å²) < 4.78 is 5.83. The van der Waals surface area contributed by atoms with Crippen LogP contribution >= 0.6 is 23.2 Å². The zero-order valence-electron chi connectivity index (χ0n) is 20.3. The van der Waals surface area contributed by atoms with Crippen LogP contribution in [-0.2, 0) is 29.0 Å². The predicted molar refractivity (Wildman–Crippen MR) is 144 cm³/mol. The number of ketones is 1. The zero-order valence-corrected chi connectivity index (χ0v) is 21.8. The molecule has 0 spiro atoms. The van der Waals surface area contributed by atoms with E-state index in [-0.39, 0.29) is 30.5 Å². The topological polar surface area (TPSA) is 83.8 Å². The van der Waals surface area contributed by atoms with E-state index in [1.807, 2.05) is 54.6 Å². The molecule has 5 nitrogen and oxygen atoms in total. The van der Waals surface area contributed by atoms with Gasteiger partial charge in [0.25, 0.3) is 0 Å². The van der Waals surface area contributed by atoms with Crippen LogP contribution in [0.1, 0.15) is 45.1 Å². The Morgan fingerprint density at radius 2 is 1.62 bits per heavy atom. The highest BCUT2D eigenvalue weighted by molar-refractivity contribution is 6.39. The fraction of sp³-hybridized carbons (Fsp3) is 0.333. The number of carbonyl (C=O) groups is 2. The van der Waals surface area contributed by atoms with Gasteiger partial charge in [0.05, 0.1) is 30.3 Å². The lowest BCUT2D eigenvalue weighted by Gasteiger charge is -2.21. The molecule has 0 saturated heterocycles. The number of halogens is 2. The summed E-state index contributed by atoms with van der Waals surface area (Å²) in [5, 5.41) is 18.6. The Labute approximate surface area is 227 Å². The van der Waals surface area contributed by atoms with E-state index in [4.69, 9.17) is 27.9 Å². The summed E-state index contributed by atoms with van der Waals surface area (Å²) in [6.07, 6.45) is 1.27. The second-order valence-electron chi connectivity index (χ2n) is 9.53. The molecule has 37 heavy (non-hydrogen) atoms. The lowest BCUT2D eigenvalue weighted by Crippen LogP contribution is -2.24. The van der Waals surface area contributed by atoms with Gasteiger partial charge in [-0.2, -0.15) is 0 Å². The van der Waals surface area contributed by atoms with Crippen molar-refractivity contribution in [2.75, 3.05) is 6.61 Å². The van der Waals surface area contributed by atoms with Gasteiger partial charge in [0.1, 0.15) is 5.38 Å². The van der Waals surface area contributed by atoms with Gasteiger partial charge in [-0.05, 0) is 53.1 Å². The van der Waals surface area contributed by atoms with Crippen molar-refractivity contribution in [1.29, 1.82) is 0 Å². The minimum absolute atomic E-state index is 0.113. The summed E-state index contributed by atoms with van der Waals surface area (Å²) in [4.78, 5) is 24.0. The van der Waals surface area contributed by atoms with Crippen molar-refractivity contribution in [2.24, 2.45) is 11.8 Å². The molecule has 0 bridgehead atoms. The lowest BCUT2D eigenvalue weighted by atomic mass is 9.89. The van der Waals surface area contributed by atoms with Crippen LogP contribution in [0.15, 0.2) is 78.9 Å². The second-order valence-corrected chi connectivity index (χ2v) is 10.5. The van der Waals surface area contributed by atoms with Crippen molar-refractivity contribution >= 4 is 35.0 Å². The number of carboxylic acids is 1. The highest BCUT2D eigenvalue weighted by Gasteiger charge is 2.47. The Morgan fingerprint density at radius 3 is 2.38 bits per heavy atom. The molecule has 1 aliphatic carbocycles. The number of rotatable bonds is 11. The van der Waals surface area contributed by atoms with E-state index in [0.717, 1.165) is 22.3 Å². The molecular formula is C30H30Cl2O5. The van der Waals surface area contributed by atoms with E-state index in [1.54, 1.807) is 18.2 Å². The largest absolute Gasteiger partial charge is 0.478 e. The smallest absolute Gasteiger partial charge is 0.335 e. The summed E-state index contributed by atoms with van der Waals surface area (Å²) >= 11 is 12.9. The van der Waals surface area contributed by atoms with Crippen molar-refractivity contribution in [3.05, 3.63) is 107 Å². The summed E-state index contributed by atoms with van der Waals surface area (Å²) in [7, 11) is 0. The number of aliphatic hydroxyl groups excluding tert-OH is 1. The van der Waals surface area contributed by atoms with Crippen LogP contribution in [0.3, 0.4) is 0 Å². The number of aliphatic hydroxyl groups is 1. The van der Waals surface area contributed by atoms with E-state index >= 15 is 0 Å². The molecule has 0 aromatic heterocycles. The Morgan fingerprint density at radius 1 is 0.919 bits per heavy atom. The Hall–Kier alpha value is -2.70. The van der Waals surface area contributed by atoms with Gasteiger partial charge >= 0.3 is 5.97 Å². The molecule has 1 fully saturated rings. The van der Waals surface area contributed by atoms with E-state index in [0.29, 0.717) is 19.3 Å². The normalized spacial score (nSPS) is 22.2. The fourth-order valence-electron chi connectivity index (χ4n) is 4.92. The van der Waals surface area contributed by atoms with Crippen LogP contribution in [0.25, 0.3) is 0 Å². The Balaban J connectivity index is 1.36. The third kappa shape index (κ3) is 6.99. The van der Waals surface area contributed by atoms with Gasteiger partial charge in [-0.1, -0.05) is 66.7 Å². The maximum Gasteiger partial charge on any atom is 0.335 e. The van der Waals surface area contributed by atoms with Gasteiger partial charge in [0.2, 0.25) is 0 Å². The van der Waals surface area contributed by atoms with E-state index < -0.39 is 28.7 Å². The molecule has 1 saturated carbocycles. The van der Waals surface area contributed by atoms with Crippen LogP contribution in [0, 0.1) is 11.8 Å². The van der Waals surface area contributed by atoms with Crippen molar-refractivity contribution in [3.63, 3.8) is 0 Å². The third-order valence-corrected chi connectivity index (χ3v) is 8.15. The molecule has 2 N–H and O–H groups in total. The summed E-state index contributed by atoms with van der Waals surface area (Å²) in [6.45, 7) is 0.363. The number of benzene rings is 3. The molecule has 3 aromatic rings. The number of Topliss-reactive ketones (excluding diaryl/α,β-unsaturated/α-hetero) is 1. The molecule has 0 aliphatic heterocycles. The molecule has 0 heterocycles. The van der Waals surface area contributed by atoms with Crippen LogP contribution in [0.2, 0.25) is 0 Å². The molecule has 3 aromatic carbocycles. The van der Waals surface area contributed by atoms with Gasteiger partial charge in [-0.25, -0.2) is 4.79 Å². The molecule has 194 valence electrons. The number of hydrogen-bond acceptors (Lipinski definition) is 4. The summed E-state index contributed by atoms with van der Waals surface area (Å²) in [6, 6.07) is 24.3. The third-order valence-electron chi connectivity index (χ3n) is 6.96. The van der Waals surface area contributed by atoms with Crippen molar-refractivity contribution in [1.82, 2.24) is 0 Å². The standard InChI is InChI=1S/C30H30Cl2O5/c31-27-24(13-12-20-8-4-10-22(14-20)26(33)16-19-6-2-1-3-7-19)25(29(34)28(27)32)18-37-17-21-9-5-11-23(15-21)30(35)36/h1-11,14-15,24-28,33H,12-13,16-18H2,(H,35,36)/t24?,25-,26?,27?,28?/m1/s1. The summed E-state index contributed by atoms with van der Waals surface area (Å²) in [5.74, 6) is -1.70. The molecular weight excluding hydrogens is 511 g/mol. The first-order valence-corrected chi connectivity index (χ1v) is 13.2. The number of ether oxygens (including phenoxy) is 1. The maximum atomic E-state index is 12.8. The van der Waals surface area contributed by atoms with Gasteiger partial charge < -0.3 is 14.9 Å². The number of carbonyl (C=O) groups excluding carboxylic acids is 1. The van der Waals surface area contributed by atoms with Crippen LogP contribution in [0.4, 0.5) is 0 Å². The maximum absolute atomic E-state index is 12.8. The minimum atomic E-state index is -1.00.